The van der Waals surface area contributed by atoms with Gasteiger partial charge in [-0.05, 0) is 62.1 Å². The number of hydrogen-bond acceptors (Lipinski definition) is 3. The summed E-state index contributed by atoms with van der Waals surface area (Å²) in [4.78, 5) is 15.1. The molecule has 4 aliphatic rings. The number of hydrogen-bond donors (Lipinski definition) is 1. The molecular weight excluding hydrogens is 288 g/mol. The number of carbonyl (C=O) groups is 1. The zero-order chi connectivity index (χ0) is 15.8. The first-order valence-corrected chi connectivity index (χ1v) is 8.74. The highest BCUT2D eigenvalue weighted by Crippen LogP contribution is 2.33. The van der Waals surface area contributed by atoms with Crippen molar-refractivity contribution in [3.8, 4) is 5.75 Å². The molecule has 0 aliphatic carbocycles. The third-order valence-corrected chi connectivity index (χ3v) is 5.51. The number of nitrogens with zero attached hydrogens (tertiary/aromatic N) is 1. The van der Waals surface area contributed by atoms with Gasteiger partial charge in [-0.2, -0.15) is 0 Å². The first-order chi connectivity index (χ1) is 11.2. The highest BCUT2D eigenvalue weighted by atomic mass is 16.5. The maximum absolute atomic E-state index is 12.6. The van der Waals surface area contributed by atoms with Gasteiger partial charge in [-0.15, -0.1) is 0 Å². The molecule has 5 rings (SSSR count). The molecule has 1 aromatic rings. The average Bonchev–Trinajstić information content (AvgIpc) is 2.61. The monoisotopic (exact) mass is 312 g/mol. The van der Waals surface area contributed by atoms with E-state index in [4.69, 9.17) is 4.74 Å². The SMILES string of the molecule is CCC1=CCOc2cc(C(=O)N[C@H]3CN4CCC3CC4)ccc21. The summed E-state index contributed by atoms with van der Waals surface area (Å²) in [7, 11) is 0. The summed E-state index contributed by atoms with van der Waals surface area (Å²) in [6.07, 6.45) is 5.53. The van der Waals surface area contributed by atoms with Gasteiger partial charge in [-0.25, -0.2) is 0 Å². The molecule has 0 radical (unpaired) electrons. The number of allylic oxidation sites excluding steroid dienone is 1. The van der Waals surface area contributed by atoms with Gasteiger partial charge in [0.15, 0.2) is 0 Å². The average molecular weight is 312 g/mol. The van der Waals surface area contributed by atoms with Crippen LogP contribution in [0.25, 0.3) is 5.57 Å². The lowest BCUT2D eigenvalue weighted by atomic mass is 9.84. The number of ether oxygens (including phenoxy) is 1. The van der Waals surface area contributed by atoms with Crippen molar-refractivity contribution in [1.82, 2.24) is 10.2 Å². The van der Waals surface area contributed by atoms with Crippen LogP contribution in [0.2, 0.25) is 0 Å². The topological polar surface area (TPSA) is 41.6 Å². The van der Waals surface area contributed by atoms with Crippen LogP contribution in [0.5, 0.6) is 5.75 Å². The predicted molar refractivity (Wildman–Crippen MR) is 90.6 cm³/mol. The summed E-state index contributed by atoms with van der Waals surface area (Å²) in [5.41, 5.74) is 3.13. The zero-order valence-electron chi connectivity index (χ0n) is 13.7. The molecule has 1 atom stereocenters. The fourth-order valence-electron chi connectivity index (χ4n) is 4.11. The van der Waals surface area contributed by atoms with Gasteiger partial charge in [-0.1, -0.05) is 13.0 Å². The van der Waals surface area contributed by atoms with Crippen LogP contribution in [-0.4, -0.2) is 43.1 Å². The molecule has 1 aromatic carbocycles. The quantitative estimate of drug-likeness (QED) is 0.933. The molecule has 1 amide bonds. The molecule has 122 valence electrons. The Hall–Kier alpha value is -1.81. The highest BCUT2D eigenvalue weighted by Gasteiger charge is 2.35. The summed E-state index contributed by atoms with van der Waals surface area (Å²) in [5, 5.41) is 3.25. The van der Waals surface area contributed by atoms with Crippen LogP contribution in [-0.2, 0) is 0 Å². The molecule has 3 saturated heterocycles. The Morgan fingerprint density at radius 2 is 2.17 bits per heavy atom. The van der Waals surface area contributed by atoms with Gasteiger partial charge in [0.1, 0.15) is 12.4 Å². The number of nitrogens with one attached hydrogen (secondary N) is 1. The van der Waals surface area contributed by atoms with E-state index in [1.165, 1.54) is 31.5 Å². The molecule has 3 fully saturated rings. The molecule has 0 saturated carbocycles. The fraction of sp³-hybridized carbons (Fsp3) is 0.526. The predicted octanol–water partition coefficient (Wildman–Crippen LogP) is 2.70. The maximum Gasteiger partial charge on any atom is 0.251 e. The molecule has 0 spiro atoms. The van der Waals surface area contributed by atoms with Crippen molar-refractivity contribution in [3.05, 3.63) is 35.4 Å². The van der Waals surface area contributed by atoms with E-state index in [9.17, 15) is 4.79 Å². The first kappa shape index (κ1) is 14.8. The van der Waals surface area contributed by atoms with Crippen LogP contribution in [0.1, 0.15) is 42.1 Å². The van der Waals surface area contributed by atoms with E-state index in [1.807, 2.05) is 18.2 Å². The number of benzene rings is 1. The van der Waals surface area contributed by atoms with Gasteiger partial charge in [0.2, 0.25) is 0 Å². The van der Waals surface area contributed by atoms with Gasteiger partial charge in [0.05, 0.1) is 0 Å². The highest BCUT2D eigenvalue weighted by molar-refractivity contribution is 5.95. The van der Waals surface area contributed by atoms with Crippen LogP contribution in [0.15, 0.2) is 24.3 Å². The van der Waals surface area contributed by atoms with Crippen molar-refractivity contribution in [2.45, 2.75) is 32.2 Å². The largest absolute Gasteiger partial charge is 0.489 e. The number of piperidine rings is 3. The first-order valence-electron chi connectivity index (χ1n) is 8.74. The fourth-order valence-corrected chi connectivity index (χ4v) is 4.11. The molecule has 1 N–H and O–H groups in total. The summed E-state index contributed by atoms with van der Waals surface area (Å²) in [6.45, 7) is 6.13. The molecule has 0 unspecified atom stereocenters. The van der Waals surface area contributed by atoms with E-state index < -0.39 is 0 Å². The van der Waals surface area contributed by atoms with Crippen molar-refractivity contribution >= 4 is 11.5 Å². The van der Waals surface area contributed by atoms with Gasteiger partial charge < -0.3 is 15.0 Å². The molecule has 4 heterocycles. The van der Waals surface area contributed by atoms with Gasteiger partial charge >= 0.3 is 0 Å². The molecule has 4 aliphatic heterocycles. The molecule has 2 bridgehead atoms. The third kappa shape index (κ3) is 2.76. The lowest BCUT2D eigenvalue weighted by Gasteiger charge is -2.44. The molecular formula is C19H24N2O2. The number of amides is 1. The molecule has 0 aromatic heterocycles. The number of carbonyl (C=O) groups excluding carboxylic acids is 1. The minimum absolute atomic E-state index is 0.0303. The Labute approximate surface area is 137 Å². The van der Waals surface area contributed by atoms with Gasteiger partial charge in [0, 0.05) is 23.7 Å². The van der Waals surface area contributed by atoms with Gasteiger partial charge in [0.25, 0.3) is 5.91 Å². The Kier molecular flexibility index (Phi) is 3.85. The van der Waals surface area contributed by atoms with Crippen LogP contribution in [0.3, 0.4) is 0 Å². The number of fused-ring (bicyclic) bond motifs is 4. The maximum atomic E-state index is 12.6. The van der Waals surface area contributed by atoms with E-state index in [-0.39, 0.29) is 5.91 Å². The lowest BCUT2D eigenvalue weighted by molar-refractivity contribution is 0.0620. The van der Waals surface area contributed by atoms with Gasteiger partial charge in [-0.3, -0.25) is 4.79 Å². The molecule has 4 heteroatoms. The van der Waals surface area contributed by atoms with E-state index in [0.29, 0.717) is 24.1 Å². The van der Waals surface area contributed by atoms with E-state index in [1.54, 1.807) is 0 Å². The van der Waals surface area contributed by atoms with E-state index in [0.717, 1.165) is 24.3 Å². The summed E-state index contributed by atoms with van der Waals surface area (Å²) < 4.78 is 5.72. The Morgan fingerprint density at radius 3 is 2.87 bits per heavy atom. The molecule has 4 nitrogen and oxygen atoms in total. The minimum atomic E-state index is 0.0303. The summed E-state index contributed by atoms with van der Waals surface area (Å²) in [5.74, 6) is 1.51. The smallest absolute Gasteiger partial charge is 0.251 e. The van der Waals surface area contributed by atoms with E-state index >= 15 is 0 Å². The van der Waals surface area contributed by atoms with Crippen molar-refractivity contribution in [2.24, 2.45) is 5.92 Å². The van der Waals surface area contributed by atoms with Crippen molar-refractivity contribution in [1.29, 1.82) is 0 Å². The Balaban J connectivity index is 1.50. The van der Waals surface area contributed by atoms with Crippen molar-refractivity contribution in [2.75, 3.05) is 26.2 Å². The zero-order valence-corrected chi connectivity index (χ0v) is 13.7. The standard InChI is InChI=1S/C19H24N2O2/c1-2-13-7-10-23-18-11-15(3-4-16(13)18)19(22)20-17-12-21-8-5-14(17)6-9-21/h3-4,7,11,14,17H,2,5-6,8-10,12H2,1H3,(H,20,22)/t17-/m0/s1. The van der Waals surface area contributed by atoms with E-state index in [2.05, 4.69) is 23.2 Å². The van der Waals surface area contributed by atoms with Crippen LogP contribution >= 0.6 is 0 Å². The second-order valence-electron chi connectivity index (χ2n) is 6.82. The van der Waals surface area contributed by atoms with Crippen LogP contribution in [0, 0.1) is 5.92 Å². The van der Waals surface area contributed by atoms with Crippen molar-refractivity contribution < 1.29 is 9.53 Å². The molecule has 23 heavy (non-hydrogen) atoms. The van der Waals surface area contributed by atoms with Crippen LogP contribution in [0.4, 0.5) is 0 Å². The Morgan fingerprint density at radius 1 is 1.35 bits per heavy atom. The third-order valence-electron chi connectivity index (χ3n) is 5.51. The summed E-state index contributed by atoms with van der Waals surface area (Å²) >= 11 is 0. The van der Waals surface area contributed by atoms with Crippen molar-refractivity contribution in [3.63, 3.8) is 0 Å². The Bertz CT molecular complexity index is 645. The minimum Gasteiger partial charge on any atom is -0.489 e. The summed E-state index contributed by atoms with van der Waals surface area (Å²) in [6, 6.07) is 6.14. The normalized spacial score (nSPS) is 28.6. The second kappa shape index (κ2) is 6.00. The van der Waals surface area contributed by atoms with Crippen LogP contribution < -0.4 is 10.1 Å². The second-order valence-corrected chi connectivity index (χ2v) is 6.82. The lowest BCUT2D eigenvalue weighted by Crippen LogP contribution is -2.57. The number of rotatable bonds is 3.